The van der Waals surface area contributed by atoms with E-state index in [1.807, 2.05) is 6.92 Å². The standard InChI is InChI=1S/C15H17N5O6S2.C8H14O4/c1-25-3-6-4-27-13-9(12(22)20(13)10(6)14(23)24)18-11(21)8(19-26-2)7-5-28-15(16)17-7;1-3-11-6-4-5-8(10)12-7(2)9/h5,9,13H,3-4H2,1-2H3,(H2,16,17)(H,18,21)(H,23,24);3-6H2,1-2H3/b19-8+;/t9-,13-;/m1./s1. The van der Waals surface area contributed by atoms with Gasteiger partial charge in [-0.2, -0.15) is 0 Å². The van der Waals surface area contributed by atoms with Crippen molar-refractivity contribution in [3.8, 4) is 0 Å². The number of thioether (sulfide) groups is 1. The number of rotatable bonds is 12. The number of nitrogen functional groups attached to an aromatic ring is 1. The molecule has 0 radical (unpaired) electrons. The molecule has 0 aromatic carbocycles. The van der Waals surface area contributed by atoms with Gasteiger partial charge < -0.3 is 35.2 Å². The average Bonchev–Trinajstić information content (AvgIpc) is 3.33. The number of methoxy groups -OCH3 is 1. The number of fused-ring (bicyclic) bond motifs is 1. The van der Waals surface area contributed by atoms with E-state index in [1.165, 1.54) is 37.8 Å². The molecule has 0 saturated carbocycles. The molecule has 1 aromatic rings. The molecule has 2 atom stereocenters. The zero-order valence-corrected chi connectivity index (χ0v) is 24.0. The third-order valence-corrected chi connectivity index (χ3v) is 7.16. The van der Waals surface area contributed by atoms with Crippen LogP contribution in [-0.4, -0.2) is 102 Å². The van der Waals surface area contributed by atoms with Crippen molar-refractivity contribution in [3.05, 3.63) is 22.3 Å². The lowest BCUT2D eigenvalue weighted by Gasteiger charge is -2.49. The first kappa shape index (κ1) is 32.7. The van der Waals surface area contributed by atoms with E-state index in [0.29, 0.717) is 31.0 Å². The van der Waals surface area contributed by atoms with Crippen molar-refractivity contribution in [2.24, 2.45) is 5.16 Å². The number of carboxylic acid groups (broad SMARTS) is 1. The Balaban J connectivity index is 0.000000395. The number of nitrogens with two attached hydrogens (primary N) is 1. The Hall–Kier alpha value is -3.54. The number of esters is 2. The number of hydrogen-bond acceptors (Lipinski definition) is 14. The fraction of sp³-hybridized carbons (Fsp3) is 0.522. The SMILES string of the molecule is CCOCCCC(=O)OC(C)=O.COCC1=C(C(=O)O)N2C(=O)[C@@H](NC(=O)/C(=N/OC)c3csc(N)n3)[C@H]2SC1. The number of anilines is 1. The van der Waals surface area contributed by atoms with Crippen molar-refractivity contribution in [1.29, 1.82) is 0 Å². The molecule has 0 aliphatic carbocycles. The number of aliphatic carboxylic acids is 1. The molecule has 1 saturated heterocycles. The smallest absolute Gasteiger partial charge is 0.352 e. The van der Waals surface area contributed by atoms with E-state index in [-0.39, 0.29) is 35.3 Å². The summed E-state index contributed by atoms with van der Waals surface area (Å²) in [6.45, 7) is 4.37. The monoisotopic (exact) mass is 601 g/mol. The number of ether oxygens (including phenoxy) is 3. The van der Waals surface area contributed by atoms with Crippen LogP contribution >= 0.6 is 23.1 Å². The molecule has 2 aliphatic heterocycles. The molecule has 220 valence electrons. The van der Waals surface area contributed by atoms with Gasteiger partial charge >= 0.3 is 17.9 Å². The maximum atomic E-state index is 12.6. The fourth-order valence-corrected chi connectivity index (χ4v) is 5.42. The number of hydrogen-bond donors (Lipinski definition) is 3. The molecule has 3 rings (SSSR count). The van der Waals surface area contributed by atoms with Gasteiger partial charge in [0.25, 0.3) is 11.8 Å². The van der Waals surface area contributed by atoms with E-state index in [9.17, 15) is 29.1 Å². The highest BCUT2D eigenvalue weighted by Gasteiger charge is 2.54. The summed E-state index contributed by atoms with van der Waals surface area (Å²) in [5.41, 5.74) is 6.09. The minimum absolute atomic E-state index is 0.0980. The fourth-order valence-electron chi connectivity index (χ4n) is 3.54. The number of β-lactam (4-membered cyclic amide) rings is 1. The summed E-state index contributed by atoms with van der Waals surface area (Å²) < 4.78 is 14.3. The van der Waals surface area contributed by atoms with Crippen LogP contribution in [0, 0.1) is 0 Å². The lowest BCUT2D eigenvalue weighted by atomic mass is 10.0. The van der Waals surface area contributed by atoms with Gasteiger partial charge in [0, 0.05) is 44.8 Å². The third kappa shape index (κ3) is 8.73. The second-order valence-corrected chi connectivity index (χ2v) is 10.0. The molecule has 1 fully saturated rings. The Morgan fingerprint density at radius 3 is 2.58 bits per heavy atom. The number of carbonyl (C=O) groups is 5. The zero-order valence-electron chi connectivity index (χ0n) is 22.3. The Morgan fingerprint density at radius 2 is 2.02 bits per heavy atom. The van der Waals surface area contributed by atoms with Gasteiger partial charge in [0.05, 0.1) is 6.61 Å². The summed E-state index contributed by atoms with van der Waals surface area (Å²) in [6, 6.07) is -0.894. The van der Waals surface area contributed by atoms with Crippen LogP contribution in [0.3, 0.4) is 0 Å². The van der Waals surface area contributed by atoms with Crippen LogP contribution in [0.15, 0.2) is 21.8 Å². The maximum Gasteiger partial charge on any atom is 0.352 e. The summed E-state index contributed by atoms with van der Waals surface area (Å²) in [6.07, 6.45) is 0.833. The summed E-state index contributed by atoms with van der Waals surface area (Å²) in [5, 5.41) is 17.0. The topological polar surface area (TPSA) is 209 Å². The lowest BCUT2D eigenvalue weighted by Crippen LogP contribution is -2.71. The van der Waals surface area contributed by atoms with Gasteiger partial charge in [-0.3, -0.25) is 24.1 Å². The predicted octanol–water partition coefficient (Wildman–Crippen LogP) is 0.354. The van der Waals surface area contributed by atoms with E-state index >= 15 is 0 Å². The number of nitrogens with zero attached hydrogens (tertiary/aromatic N) is 3. The Bertz CT molecular complexity index is 1170. The number of aromatic nitrogens is 1. The summed E-state index contributed by atoms with van der Waals surface area (Å²) in [4.78, 5) is 67.7. The van der Waals surface area contributed by atoms with Crippen LogP contribution in [0.2, 0.25) is 0 Å². The van der Waals surface area contributed by atoms with Crippen molar-refractivity contribution in [2.75, 3.05) is 45.5 Å². The Labute approximate surface area is 238 Å². The molecular weight excluding hydrogens is 570 g/mol. The van der Waals surface area contributed by atoms with Crippen molar-refractivity contribution in [2.45, 2.75) is 38.1 Å². The van der Waals surface area contributed by atoms with Gasteiger partial charge in [0.1, 0.15) is 29.9 Å². The van der Waals surface area contributed by atoms with Gasteiger partial charge in [0.15, 0.2) is 10.8 Å². The minimum atomic E-state index is -1.21. The molecule has 17 heteroatoms. The Morgan fingerprint density at radius 1 is 1.30 bits per heavy atom. The predicted molar refractivity (Wildman–Crippen MR) is 144 cm³/mol. The van der Waals surface area contributed by atoms with Gasteiger partial charge in [-0.25, -0.2) is 9.78 Å². The first-order valence-corrected chi connectivity index (χ1v) is 13.8. The van der Waals surface area contributed by atoms with E-state index in [1.54, 1.807) is 5.38 Å². The third-order valence-electron chi connectivity index (χ3n) is 5.15. The number of oxime groups is 1. The van der Waals surface area contributed by atoms with Crippen LogP contribution in [0.25, 0.3) is 0 Å². The van der Waals surface area contributed by atoms with Crippen molar-refractivity contribution in [3.63, 3.8) is 0 Å². The van der Waals surface area contributed by atoms with Crippen LogP contribution in [0.4, 0.5) is 5.13 Å². The molecule has 2 aliphatic rings. The maximum absolute atomic E-state index is 12.6. The molecule has 3 heterocycles. The van der Waals surface area contributed by atoms with Gasteiger partial charge in [-0.1, -0.05) is 5.16 Å². The molecule has 40 heavy (non-hydrogen) atoms. The molecule has 0 spiro atoms. The molecule has 1 aromatic heterocycles. The number of carboxylic acids is 1. The molecule has 4 N–H and O–H groups in total. The lowest BCUT2D eigenvalue weighted by molar-refractivity contribution is -0.158. The number of amides is 2. The Kier molecular flexibility index (Phi) is 13.0. The molecule has 0 bridgehead atoms. The van der Waals surface area contributed by atoms with Gasteiger partial charge in [-0.15, -0.1) is 23.1 Å². The van der Waals surface area contributed by atoms with E-state index in [0.717, 1.165) is 11.3 Å². The van der Waals surface area contributed by atoms with E-state index < -0.39 is 41.1 Å². The largest absolute Gasteiger partial charge is 0.477 e. The summed E-state index contributed by atoms with van der Waals surface area (Å²) in [7, 11) is 2.73. The van der Waals surface area contributed by atoms with Gasteiger partial charge in [-0.05, 0) is 18.9 Å². The number of nitrogens with one attached hydrogen (secondary N) is 1. The van der Waals surface area contributed by atoms with Crippen LogP contribution < -0.4 is 11.1 Å². The van der Waals surface area contributed by atoms with Crippen LogP contribution in [0.1, 0.15) is 32.4 Å². The highest BCUT2D eigenvalue weighted by atomic mass is 32.2. The second kappa shape index (κ2) is 15.9. The minimum Gasteiger partial charge on any atom is -0.477 e. The molecule has 0 unspecified atom stereocenters. The zero-order chi connectivity index (χ0) is 29.8. The van der Waals surface area contributed by atoms with Crippen molar-refractivity contribution in [1.82, 2.24) is 15.2 Å². The van der Waals surface area contributed by atoms with E-state index in [2.05, 4.69) is 20.2 Å². The molecular formula is C23H31N5O10S2. The number of thiazole rings is 1. The average molecular weight is 602 g/mol. The normalized spacial score (nSPS) is 18.1. The quantitative estimate of drug-likeness (QED) is 0.0739. The highest BCUT2D eigenvalue weighted by Crippen LogP contribution is 2.40. The molecule has 15 nitrogen and oxygen atoms in total. The van der Waals surface area contributed by atoms with Crippen molar-refractivity contribution < 1.29 is 48.1 Å². The van der Waals surface area contributed by atoms with Crippen molar-refractivity contribution >= 4 is 63.7 Å². The first-order valence-electron chi connectivity index (χ1n) is 11.9. The highest BCUT2D eigenvalue weighted by molar-refractivity contribution is 8.00. The van der Waals surface area contributed by atoms with Crippen LogP contribution in [-0.2, 0) is 43.0 Å². The number of carbonyl (C=O) groups excluding carboxylic acids is 4. The van der Waals surface area contributed by atoms with Crippen LogP contribution in [0.5, 0.6) is 0 Å². The summed E-state index contributed by atoms with van der Waals surface area (Å²) in [5.74, 6) is -3.08. The second-order valence-electron chi connectivity index (χ2n) is 8.01. The van der Waals surface area contributed by atoms with E-state index in [4.69, 9.17) is 20.0 Å². The van der Waals surface area contributed by atoms with Gasteiger partial charge in [0.2, 0.25) is 0 Å². The molecule has 2 amide bonds. The summed E-state index contributed by atoms with van der Waals surface area (Å²) >= 11 is 2.47. The first-order chi connectivity index (χ1) is 19.0.